The van der Waals surface area contributed by atoms with Gasteiger partial charge in [-0.15, -0.1) is 0 Å². The minimum absolute atomic E-state index is 0.0941. The van der Waals surface area contributed by atoms with E-state index in [4.69, 9.17) is 19.0 Å². The summed E-state index contributed by atoms with van der Waals surface area (Å²) in [6, 6.07) is 6.00. The minimum atomic E-state index is -1.17. The summed E-state index contributed by atoms with van der Waals surface area (Å²) in [5, 5.41) is 11.4. The molecule has 7 nitrogen and oxygen atoms in total. The van der Waals surface area contributed by atoms with E-state index in [-0.39, 0.29) is 11.3 Å². The predicted octanol–water partition coefficient (Wildman–Crippen LogP) is 2.25. The number of nitrogens with one attached hydrogen (secondary N) is 1. The number of carbonyl (C=O) groups is 2. The van der Waals surface area contributed by atoms with Crippen LogP contribution in [-0.4, -0.2) is 31.2 Å². The van der Waals surface area contributed by atoms with Crippen LogP contribution in [0.1, 0.15) is 20.9 Å². The van der Waals surface area contributed by atoms with Crippen LogP contribution in [0.3, 0.4) is 0 Å². The summed E-state index contributed by atoms with van der Waals surface area (Å²) in [5.41, 5.74) is 0.341. The van der Waals surface area contributed by atoms with Gasteiger partial charge in [0.25, 0.3) is 5.91 Å². The molecule has 0 atom stereocenters. The van der Waals surface area contributed by atoms with Gasteiger partial charge in [-0.05, 0) is 0 Å². The molecule has 0 aliphatic heterocycles. The quantitative estimate of drug-likeness (QED) is 0.876. The molecule has 0 saturated carbocycles. The van der Waals surface area contributed by atoms with Crippen molar-refractivity contribution in [1.29, 1.82) is 0 Å². The highest BCUT2D eigenvalue weighted by Crippen LogP contribution is 2.26. The Morgan fingerprint density at radius 1 is 1.10 bits per heavy atom. The van der Waals surface area contributed by atoms with E-state index in [2.05, 4.69) is 5.32 Å². The molecule has 7 heteroatoms. The molecule has 2 rings (SSSR count). The molecular weight excluding hydrogens is 278 g/mol. The lowest BCUT2D eigenvalue weighted by Gasteiger charge is -2.08. The molecule has 0 fully saturated rings. The fourth-order valence-electron chi connectivity index (χ4n) is 1.64. The number of carboxylic acid groups (broad SMARTS) is 1. The Labute approximate surface area is 120 Å². The Bertz CT molecular complexity index is 654. The number of carboxylic acids is 1. The van der Waals surface area contributed by atoms with Gasteiger partial charge in [-0.2, -0.15) is 0 Å². The van der Waals surface area contributed by atoms with E-state index in [1.807, 2.05) is 0 Å². The van der Waals surface area contributed by atoms with Gasteiger partial charge in [0, 0.05) is 30.0 Å². The van der Waals surface area contributed by atoms with Crippen LogP contribution in [0.2, 0.25) is 0 Å². The number of hydrogen-bond acceptors (Lipinski definition) is 5. The number of aromatic carboxylic acids is 1. The summed E-state index contributed by atoms with van der Waals surface area (Å²) in [6.07, 6.45) is 1.00. The Kier molecular flexibility index (Phi) is 4.13. The van der Waals surface area contributed by atoms with Crippen LogP contribution < -0.4 is 14.8 Å². The van der Waals surface area contributed by atoms with Crippen LogP contribution in [0.4, 0.5) is 5.69 Å². The fourth-order valence-corrected chi connectivity index (χ4v) is 1.64. The van der Waals surface area contributed by atoms with Crippen molar-refractivity contribution in [1.82, 2.24) is 0 Å². The van der Waals surface area contributed by atoms with Gasteiger partial charge in [-0.3, -0.25) is 4.79 Å². The lowest BCUT2D eigenvalue weighted by molar-refractivity contribution is 0.0696. The third kappa shape index (κ3) is 3.33. The number of ether oxygens (including phenoxy) is 2. The van der Waals surface area contributed by atoms with Crippen LogP contribution in [0.15, 0.2) is 34.9 Å². The second-order valence-corrected chi connectivity index (χ2v) is 4.06. The molecule has 0 spiro atoms. The van der Waals surface area contributed by atoms with Crippen LogP contribution >= 0.6 is 0 Å². The number of methoxy groups -OCH3 is 2. The van der Waals surface area contributed by atoms with Crippen molar-refractivity contribution >= 4 is 17.6 Å². The average Bonchev–Trinajstić information content (AvgIpc) is 2.97. The first kappa shape index (κ1) is 14.4. The molecule has 110 valence electrons. The first-order chi connectivity index (χ1) is 10.0. The molecule has 1 amide bonds. The topological polar surface area (TPSA) is 98.0 Å². The number of carbonyl (C=O) groups excluding carboxylic acids is 1. The Morgan fingerprint density at radius 3 is 2.19 bits per heavy atom. The van der Waals surface area contributed by atoms with Crippen LogP contribution in [-0.2, 0) is 0 Å². The zero-order chi connectivity index (χ0) is 15.4. The van der Waals surface area contributed by atoms with Crippen molar-refractivity contribution in [2.75, 3.05) is 19.5 Å². The van der Waals surface area contributed by atoms with E-state index in [1.165, 1.54) is 14.2 Å². The summed E-state index contributed by atoms with van der Waals surface area (Å²) in [7, 11) is 2.98. The van der Waals surface area contributed by atoms with E-state index in [9.17, 15) is 9.59 Å². The molecule has 0 radical (unpaired) electrons. The summed E-state index contributed by atoms with van der Waals surface area (Å²) < 4.78 is 15.1. The van der Waals surface area contributed by atoms with Gasteiger partial charge in [-0.25, -0.2) is 4.79 Å². The van der Waals surface area contributed by atoms with Gasteiger partial charge in [-0.1, -0.05) is 0 Å². The largest absolute Gasteiger partial charge is 0.497 e. The predicted molar refractivity (Wildman–Crippen MR) is 73.2 cm³/mol. The number of benzene rings is 1. The van der Waals surface area contributed by atoms with E-state index < -0.39 is 11.9 Å². The third-order valence-corrected chi connectivity index (χ3v) is 2.68. The number of amides is 1. The normalized spacial score (nSPS) is 10.0. The Balaban J connectivity index is 2.20. The number of furan rings is 1. The monoisotopic (exact) mass is 291 g/mol. The van der Waals surface area contributed by atoms with Gasteiger partial charge >= 0.3 is 5.97 Å². The summed E-state index contributed by atoms with van der Waals surface area (Å²) in [4.78, 5) is 22.7. The van der Waals surface area contributed by atoms with Crippen molar-refractivity contribution in [3.05, 3.63) is 41.9 Å². The molecule has 2 aromatic rings. The average molecular weight is 291 g/mol. The third-order valence-electron chi connectivity index (χ3n) is 2.68. The summed E-state index contributed by atoms with van der Waals surface area (Å²) >= 11 is 0. The number of rotatable bonds is 5. The maximum atomic E-state index is 12.0. The van der Waals surface area contributed by atoms with Gasteiger partial charge in [0.05, 0.1) is 19.8 Å². The molecular formula is C14H13NO6. The van der Waals surface area contributed by atoms with Crippen molar-refractivity contribution in [3.8, 4) is 11.5 Å². The van der Waals surface area contributed by atoms with Gasteiger partial charge in [0.15, 0.2) is 5.76 Å². The molecule has 0 saturated heterocycles. The second-order valence-electron chi connectivity index (χ2n) is 4.06. The zero-order valence-corrected chi connectivity index (χ0v) is 11.4. The standard InChI is InChI=1S/C14H13NO6/c1-19-10-4-9(5-11(6-10)20-2)15-13(16)12-3-8(7-21-12)14(17)18/h3-7H,1-2H3,(H,15,16)(H,17,18). The Morgan fingerprint density at radius 2 is 1.71 bits per heavy atom. The van der Waals surface area contributed by atoms with Crippen LogP contribution in [0.25, 0.3) is 0 Å². The van der Waals surface area contributed by atoms with Crippen molar-refractivity contribution in [3.63, 3.8) is 0 Å². The SMILES string of the molecule is COc1cc(NC(=O)c2cc(C(=O)O)co2)cc(OC)c1. The maximum absolute atomic E-state index is 12.0. The first-order valence-corrected chi connectivity index (χ1v) is 5.89. The lowest BCUT2D eigenvalue weighted by atomic mass is 10.2. The van der Waals surface area contributed by atoms with E-state index in [0.717, 1.165) is 12.3 Å². The highest BCUT2D eigenvalue weighted by atomic mass is 16.5. The van der Waals surface area contributed by atoms with Gasteiger partial charge < -0.3 is 24.3 Å². The molecule has 0 aliphatic rings. The van der Waals surface area contributed by atoms with Gasteiger partial charge in [0.1, 0.15) is 17.8 Å². The first-order valence-electron chi connectivity index (χ1n) is 5.89. The minimum Gasteiger partial charge on any atom is -0.497 e. The number of anilines is 1. The summed E-state index contributed by atoms with van der Waals surface area (Å²) in [6.45, 7) is 0. The molecule has 1 aromatic heterocycles. The van der Waals surface area contributed by atoms with Gasteiger partial charge in [0.2, 0.25) is 0 Å². The van der Waals surface area contributed by atoms with Crippen LogP contribution in [0, 0.1) is 0 Å². The fraction of sp³-hybridized carbons (Fsp3) is 0.143. The van der Waals surface area contributed by atoms with E-state index >= 15 is 0 Å². The van der Waals surface area contributed by atoms with Crippen molar-refractivity contribution < 1.29 is 28.6 Å². The number of hydrogen-bond donors (Lipinski definition) is 2. The van der Waals surface area contributed by atoms with E-state index in [1.54, 1.807) is 18.2 Å². The highest BCUT2D eigenvalue weighted by Gasteiger charge is 2.15. The van der Waals surface area contributed by atoms with Crippen molar-refractivity contribution in [2.45, 2.75) is 0 Å². The molecule has 1 heterocycles. The molecule has 1 aromatic carbocycles. The summed E-state index contributed by atoms with van der Waals surface area (Å²) in [5.74, 6) is -0.821. The molecule has 21 heavy (non-hydrogen) atoms. The van der Waals surface area contributed by atoms with Crippen LogP contribution in [0.5, 0.6) is 11.5 Å². The smallest absolute Gasteiger partial charge is 0.338 e. The molecule has 0 unspecified atom stereocenters. The second kappa shape index (κ2) is 6.00. The molecule has 0 bridgehead atoms. The maximum Gasteiger partial charge on any atom is 0.338 e. The Hall–Kier alpha value is -2.96. The lowest BCUT2D eigenvalue weighted by Crippen LogP contribution is -2.11. The zero-order valence-electron chi connectivity index (χ0n) is 11.4. The van der Waals surface area contributed by atoms with E-state index in [0.29, 0.717) is 17.2 Å². The highest BCUT2D eigenvalue weighted by molar-refractivity contribution is 6.03. The molecule has 0 aliphatic carbocycles. The van der Waals surface area contributed by atoms with Crippen molar-refractivity contribution in [2.24, 2.45) is 0 Å². The molecule has 2 N–H and O–H groups in total.